The Kier molecular flexibility index (Phi) is 4.68. The van der Waals surface area contributed by atoms with Crippen molar-refractivity contribution >= 4 is 17.4 Å². The van der Waals surface area contributed by atoms with E-state index in [1.807, 2.05) is 6.08 Å². The van der Waals surface area contributed by atoms with Crippen LogP contribution in [0.3, 0.4) is 0 Å². The number of ketones is 1. The van der Waals surface area contributed by atoms with Gasteiger partial charge in [0.25, 0.3) is 0 Å². The number of allylic oxidation sites excluding steroid dienone is 1. The predicted molar refractivity (Wildman–Crippen MR) is 115 cm³/mol. The summed E-state index contributed by atoms with van der Waals surface area (Å²) in [4.78, 5) is 25.2. The van der Waals surface area contributed by atoms with Crippen LogP contribution >= 0.6 is 0 Å². The van der Waals surface area contributed by atoms with Crippen LogP contribution in [0.1, 0.15) is 65.2 Å². The number of hydrogen-bond donors (Lipinski definition) is 1. The molecule has 0 unspecified atom stereocenters. The van der Waals surface area contributed by atoms with Crippen molar-refractivity contribution in [2.45, 2.75) is 65.2 Å². The van der Waals surface area contributed by atoms with Crippen LogP contribution < -0.4 is 5.32 Å². The molecule has 4 heteroatoms. The maximum atomic E-state index is 14.1. The van der Waals surface area contributed by atoms with Crippen molar-refractivity contribution in [2.75, 3.05) is 5.32 Å². The number of amides is 1. The van der Waals surface area contributed by atoms with E-state index in [0.717, 1.165) is 44.9 Å². The number of benzene rings is 1. The second-order valence-corrected chi connectivity index (χ2v) is 10.6. The minimum Gasteiger partial charge on any atom is -0.323 e. The van der Waals surface area contributed by atoms with Crippen LogP contribution in [0.4, 0.5) is 10.1 Å². The predicted octanol–water partition coefficient (Wildman–Crippen LogP) is 5.91. The fourth-order valence-electron chi connectivity index (χ4n) is 7.77. The van der Waals surface area contributed by atoms with E-state index in [1.165, 1.54) is 11.6 Å². The Morgan fingerprint density at radius 3 is 2.63 bits per heavy atom. The Bertz CT molecular complexity index is 923. The lowest BCUT2D eigenvalue weighted by Crippen LogP contribution is -2.51. The van der Waals surface area contributed by atoms with E-state index in [2.05, 4.69) is 19.2 Å². The van der Waals surface area contributed by atoms with E-state index < -0.39 is 0 Å². The minimum absolute atomic E-state index is 0.0153. The molecule has 3 nitrogen and oxygen atoms in total. The lowest BCUT2D eigenvalue weighted by molar-refractivity contribution is -0.127. The van der Waals surface area contributed by atoms with Gasteiger partial charge < -0.3 is 5.32 Å². The van der Waals surface area contributed by atoms with Gasteiger partial charge in [0.05, 0.1) is 5.69 Å². The van der Waals surface area contributed by atoms with Crippen LogP contribution in [-0.2, 0) is 9.59 Å². The summed E-state index contributed by atoms with van der Waals surface area (Å²) >= 11 is 0. The number of carbonyl (C=O) groups excluding carboxylic acids is 2. The first-order chi connectivity index (χ1) is 14.3. The van der Waals surface area contributed by atoms with Crippen LogP contribution in [0, 0.1) is 40.3 Å². The highest BCUT2D eigenvalue weighted by molar-refractivity contribution is 5.93. The number of halogens is 1. The van der Waals surface area contributed by atoms with Crippen LogP contribution in [-0.4, -0.2) is 11.7 Å². The van der Waals surface area contributed by atoms with E-state index >= 15 is 0 Å². The third kappa shape index (κ3) is 2.90. The zero-order chi connectivity index (χ0) is 21.1. The first-order valence-electron chi connectivity index (χ1n) is 11.6. The summed E-state index contributed by atoms with van der Waals surface area (Å²) in [5.41, 5.74) is 1.81. The Hall–Kier alpha value is -1.97. The number of fused-ring (bicyclic) bond motifs is 5. The molecule has 0 aromatic heterocycles. The molecule has 0 spiro atoms. The van der Waals surface area contributed by atoms with Gasteiger partial charge in [0.1, 0.15) is 5.82 Å². The highest BCUT2D eigenvalue weighted by atomic mass is 19.1. The summed E-state index contributed by atoms with van der Waals surface area (Å²) in [6, 6.07) is 6.43. The zero-order valence-electron chi connectivity index (χ0n) is 18.0. The van der Waals surface area contributed by atoms with Gasteiger partial charge in [-0.25, -0.2) is 4.39 Å². The molecule has 0 saturated heterocycles. The molecular weight excluding hydrogens is 377 g/mol. The molecule has 160 valence electrons. The molecule has 4 aliphatic rings. The van der Waals surface area contributed by atoms with Gasteiger partial charge in [-0.05, 0) is 91.7 Å². The maximum Gasteiger partial charge on any atom is 0.228 e. The second kappa shape index (κ2) is 7.03. The molecule has 0 radical (unpaired) electrons. The Labute approximate surface area is 178 Å². The molecule has 3 saturated carbocycles. The van der Waals surface area contributed by atoms with Crippen molar-refractivity contribution in [3.8, 4) is 0 Å². The number of carbonyl (C=O) groups is 2. The normalized spacial score (nSPS) is 40.1. The standard InChI is InChI=1S/C26H32FNO2/c1-25-13-11-17(29)15-16(25)7-8-18-19-9-10-21(26(19,2)14-12-20(18)25)24(30)28-23-6-4-3-5-22(23)27/h3-6,15,18-21H,7-14H2,1-2H3,(H,28,30)/t18-,19-,20-,21+,25-,26-/m0/s1. The minimum atomic E-state index is -0.374. The average Bonchev–Trinajstić information content (AvgIpc) is 3.07. The molecule has 0 heterocycles. The molecule has 5 rings (SSSR count). The van der Waals surface area contributed by atoms with Crippen molar-refractivity contribution in [3.63, 3.8) is 0 Å². The maximum absolute atomic E-state index is 14.1. The first kappa shape index (κ1) is 20.0. The quantitative estimate of drug-likeness (QED) is 0.660. The van der Waals surface area contributed by atoms with Crippen molar-refractivity contribution in [3.05, 3.63) is 41.7 Å². The lowest BCUT2D eigenvalue weighted by Gasteiger charge is -2.58. The highest BCUT2D eigenvalue weighted by Gasteiger charge is 2.60. The summed E-state index contributed by atoms with van der Waals surface area (Å²) in [6.45, 7) is 4.70. The molecule has 30 heavy (non-hydrogen) atoms. The average molecular weight is 410 g/mol. The summed E-state index contributed by atoms with van der Waals surface area (Å²) in [7, 11) is 0. The number of para-hydroxylation sites is 1. The van der Waals surface area contributed by atoms with Crippen molar-refractivity contribution < 1.29 is 14.0 Å². The number of anilines is 1. The fourth-order valence-corrected chi connectivity index (χ4v) is 7.77. The van der Waals surface area contributed by atoms with E-state index in [0.29, 0.717) is 30.0 Å². The summed E-state index contributed by atoms with van der Waals surface area (Å²) in [5, 5.41) is 2.88. The monoisotopic (exact) mass is 409 g/mol. The number of hydrogen-bond acceptors (Lipinski definition) is 2. The molecule has 1 N–H and O–H groups in total. The molecule has 1 amide bonds. The molecule has 0 bridgehead atoms. The molecule has 1 aromatic carbocycles. The Balaban J connectivity index is 1.38. The van der Waals surface area contributed by atoms with Crippen LogP contribution in [0.25, 0.3) is 0 Å². The number of rotatable bonds is 2. The lowest BCUT2D eigenvalue weighted by atomic mass is 9.47. The van der Waals surface area contributed by atoms with Crippen molar-refractivity contribution in [1.29, 1.82) is 0 Å². The fraction of sp³-hybridized carbons (Fsp3) is 0.615. The van der Waals surface area contributed by atoms with E-state index in [9.17, 15) is 14.0 Å². The summed E-state index contributed by atoms with van der Waals surface area (Å²) < 4.78 is 14.1. The van der Waals surface area contributed by atoms with E-state index in [1.54, 1.807) is 18.2 Å². The molecule has 6 atom stereocenters. The molecule has 0 aliphatic heterocycles. The third-order valence-electron chi connectivity index (χ3n) is 9.41. The molecular formula is C26H32FNO2. The van der Waals surface area contributed by atoms with Crippen LogP contribution in [0.15, 0.2) is 35.9 Å². The molecule has 3 fully saturated rings. The number of nitrogens with one attached hydrogen (secondary N) is 1. The van der Waals surface area contributed by atoms with Gasteiger partial charge >= 0.3 is 0 Å². The second-order valence-electron chi connectivity index (χ2n) is 10.6. The van der Waals surface area contributed by atoms with Gasteiger partial charge in [-0.1, -0.05) is 31.6 Å². The molecule has 1 aromatic rings. The SMILES string of the molecule is C[C@]12CC[C@H]3[C@@H](CCC4=CC(=O)CC[C@@]43C)[C@@H]1CC[C@@H]2C(=O)Nc1ccccc1F. The largest absolute Gasteiger partial charge is 0.323 e. The van der Waals surface area contributed by atoms with Crippen molar-refractivity contribution in [1.82, 2.24) is 0 Å². The van der Waals surface area contributed by atoms with Gasteiger partial charge in [-0.3, -0.25) is 9.59 Å². The summed E-state index contributed by atoms with van der Waals surface area (Å²) in [5.74, 6) is 1.65. The highest BCUT2D eigenvalue weighted by Crippen LogP contribution is 2.66. The van der Waals surface area contributed by atoms with Crippen LogP contribution in [0.5, 0.6) is 0 Å². The summed E-state index contributed by atoms with van der Waals surface area (Å²) in [6.07, 6.45) is 9.94. The smallest absolute Gasteiger partial charge is 0.228 e. The first-order valence-corrected chi connectivity index (χ1v) is 11.6. The van der Waals surface area contributed by atoms with Gasteiger partial charge in [-0.2, -0.15) is 0 Å². The Morgan fingerprint density at radius 1 is 1.03 bits per heavy atom. The Morgan fingerprint density at radius 2 is 1.83 bits per heavy atom. The van der Waals surface area contributed by atoms with Gasteiger partial charge in [0, 0.05) is 12.3 Å². The third-order valence-corrected chi connectivity index (χ3v) is 9.41. The van der Waals surface area contributed by atoms with Gasteiger partial charge in [0.2, 0.25) is 5.91 Å². The van der Waals surface area contributed by atoms with Crippen LogP contribution in [0.2, 0.25) is 0 Å². The van der Waals surface area contributed by atoms with Gasteiger partial charge in [-0.15, -0.1) is 0 Å². The van der Waals surface area contributed by atoms with E-state index in [-0.39, 0.29) is 34.2 Å². The van der Waals surface area contributed by atoms with Crippen molar-refractivity contribution in [2.24, 2.45) is 34.5 Å². The van der Waals surface area contributed by atoms with Gasteiger partial charge in [0.15, 0.2) is 5.78 Å². The topological polar surface area (TPSA) is 46.2 Å². The zero-order valence-corrected chi connectivity index (χ0v) is 18.0. The van der Waals surface area contributed by atoms with E-state index in [4.69, 9.17) is 0 Å². The molecule has 4 aliphatic carbocycles.